The van der Waals surface area contributed by atoms with Crippen molar-refractivity contribution in [2.45, 2.75) is 44.6 Å². The molecule has 3 rings (SSSR count). The molecule has 0 spiro atoms. The molecule has 0 aliphatic rings. The maximum Gasteiger partial charge on any atom is 0.252 e. The highest BCUT2D eigenvalue weighted by Crippen LogP contribution is 2.18. The number of aliphatic hydroxyl groups is 1. The third kappa shape index (κ3) is 6.72. The van der Waals surface area contributed by atoms with Gasteiger partial charge in [-0.15, -0.1) is 0 Å². The summed E-state index contributed by atoms with van der Waals surface area (Å²) >= 11 is 0. The second-order valence-corrected chi connectivity index (χ2v) is 11.3. The molecule has 1 amide bonds. The van der Waals surface area contributed by atoms with Crippen molar-refractivity contribution in [3.05, 3.63) is 78.0 Å². The number of hydrogen-bond donors (Lipinski definition) is 2. The number of benzene rings is 2. The fourth-order valence-corrected chi connectivity index (χ4v) is 5.15. The van der Waals surface area contributed by atoms with E-state index >= 15 is 0 Å². The Hall–Kier alpha value is -3.14. The number of para-hydroxylation sites is 1. The van der Waals surface area contributed by atoms with Crippen LogP contribution in [0.5, 0.6) is 0 Å². The Balaban J connectivity index is 1.91. The Bertz CT molecular complexity index is 1270. The number of rotatable bonds is 11. The predicted molar refractivity (Wildman–Crippen MR) is 135 cm³/mol. The number of nitrogens with zero attached hydrogens (tertiary/aromatic N) is 2. The van der Waals surface area contributed by atoms with Gasteiger partial charge in [-0.25, -0.2) is 8.42 Å². The molecule has 186 valence electrons. The summed E-state index contributed by atoms with van der Waals surface area (Å²) in [6.45, 7) is 3.67. The minimum absolute atomic E-state index is 0.270. The average Bonchev–Trinajstić information content (AvgIpc) is 2.83. The van der Waals surface area contributed by atoms with Crippen molar-refractivity contribution in [1.82, 2.24) is 14.6 Å². The predicted octanol–water partition coefficient (Wildman–Crippen LogP) is 2.57. The fourth-order valence-electron chi connectivity index (χ4n) is 3.83. The monoisotopic (exact) mass is 497 g/mol. The molecule has 2 aromatic carbocycles. The molecule has 0 saturated heterocycles. The quantitative estimate of drug-likeness (QED) is 0.421. The van der Waals surface area contributed by atoms with Crippen LogP contribution in [0, 0.1) is 0 Å². The van der Waals surface area contributed by atoms with E-state index in [0.717, 1.165) is 9.87 Å². The van der Waals surface area contributed by atoms with Gasteiger partial charge in [-0.3, -0.25) is 14.6 Å². The van der Waals surface area contributed by atoms with Crippen molar-refractivity contribution in [3.63, 3.8) is 0 Å². The summed E-state index contributed by atoms with van der Waals surface area (Å²) in [5.41, 5.74) is 1.92. The summed E-state index contributed by atoms with van der Waals surface area (Å²) in [5.74, 6) is -0.748. The van der Waals surface area contributed by atoms with E-state index < -0.39 is 33.3 Å². The van der Waals surface area contributed by atoms with E-state index in [1.165, 1.54) is 20.8 Å². The van der Waals surface area contributed by atoms with Crippen molar-refractivity contribution in [3.8, 4) is 0 Å². The number of ketones is 1. The molecule has 3 aromatic rings. The first-order valence-electron chi connectivity index (χ1n) is 11.4. The molecule has 1 heterocycles. The molecule has 1 aromatic heterocycles. The van der Waals surface area contributed by atoms with Crippen LogP contribution in [0.4, 0.5) is 0 Å². The average molecular weight is 498 g/mol. The van der Waals surface area contributed by atoms with Crippen LogP contribution in [0.15, 0.2) is 66.9 Å². The summed E-state index contributed by atoms with van der Waals surface area (Å²) < 4.78 is 26.7. The molecule has 0 aliphatic carbocycles. The number of Topliss-reactive ketones (excluding diaryl/α,β-unsaturated/α-hetero) is 1. The minimum atomic E-state index is -3.81. The van der Waals surface area contributed by atoms with Gasteiger partial charge in [0.25, 0.3) is 5.91 Å². The van der Waals surface area contributed by atoms with E-state index in [4.69, 9.17) is 0 Å². The third-order valence-corrected chi connectivity index (χ3v) is 7.91. The topological polar surface area (TPSA) is 117 Å². The largest absolute Gasteiger partial charge is 0.390 e. The number of sulfonamides is 1. The van der Waals surface area contributed by atoms with Crippen LogP contribution in [-0.2, 0) is 21.2 Å². The van der Waals surface area contributed by atoms with Crippen molar-refractivity contribution in [1.29, 1.82) is 0 Å². The smallest absolute Gasteiger partial charge is 0.252 e. The second-order valence-electron chi connectivity index (χ2n) is 8.80. The zero-order valence-electron chi connectivity index (χ0n) is 20.1. The molecule has 0 bridgehead atoms. The molecule has 0 aliphatic heterocycles. The minimum Gasteiger partial charge on any atom is -0.390 e. The normalized spacial score (nSPS) is 13.7. The summed E-state index contributed by atoms with van der Waals surface area (Å²) in [6.07, 6.45) is 0.552. The summed E-state index contributed by atoms with van der Waals surface area (Å²) in [5, 5.41) is 14.0. The van der Waals surface area contributed by atoms with Gasteiger partial charge < -0.3 is 10.4 Å². The van der Waals surface area contributed by atoms with Gasteiger partial charge in [0.1, 0.15) is 5.78 Å². The Kier molecular flexibility index (Phi) is 8.71. The molecule has 2 atom stereocenters. The van der Waals surface area contributed by atoms with Crippen LogP contribution in [0.1, 0.15) is 36.7 Å². The molecule has 2 unspecified atom stereocenters. The van der Waals surface area contributed by atoms with Crippen molar-refractivity contribution >= 4 is 32.6 Å². The number of nitrogens with one attached hydrogen (secondary N) is 1. The fraction of sp³-hybridized carbons (Fsp3) is 0.346. The molecule has 0 radical (unpaired) electrons. The van der Waals surface area contributed by atoms with E-state index in [0.29, 0.717) is 16.5 Å². The lowest BCUT2D eigenvalue weighted by Gasteiger charge is -2.30. The first kappa shape index (κ1) is 26.5. The first-order chi connectivity index (χ1) is 16.6. The Labute approximate surface area is 206 Å². The number of aromatic nitrogens is 1. The van der Waals surface area contributed by atoms with Gasteiger partial charge in [-0.2, -0.15) is 4.31 Å². The maximum absolute atomic E-state index is 13.3. The molecule has 35 heavy (non-hydrogen) atoms. The van der Waals surface area contributed by atoms with E-state index in [1.807, 2.05) is 42.5 Å². The van der Waals surface area contributed by atoms with Crippen LogP contribution < -0.4 is 5.32 Å². The van der Waals surface area contributed by atoms with Gasteiger partial charge in [0, 0.05) is 18.1 Å². The number of aliphatic hydroxyl groups excluding tert-OH is 1. The number of pyridine rings is 1. The van der Waals surface area contributed by atoms with Crippen LogP contribution in [0.25, 0.3) is 10.9 Å². The number of carbonyl (C=O) groups is 2. The Morgan fingerprint density at radius 3 is 2.34 bits per heavy atom. The number of carbonyl (C=O) groups excluding carboxylic acids is 2. The number of fused-ring (bicyclic) bond motifs is 1. The second kappa shape index (κ2) is 11.5. The third-order valence-electron chi connectivity index (χ3n) is 5.72. The molecule has 2 N–H and O–H groups in total. The van der Waals surface area contributed by atoms with Gasteiger partial charge >= 0.3 is 0 Å². The van der Waals surface area contributed by atoms with Crippen LogP contribution in [0.2, 0.25) is 0 Å². The summed E-state index contributed by atoms with van der Waals surface area (Å²) in [7, 11) is -3.81. The molecule has 0 saturated carbocycles. The molecule has 0 fully saturated rings. The van der Waals surface area contributed by atoms with Crippen LogP contribution >= 0.6 is 0 Å². The van der Waals surface area contributed by atoms with Crippen molar-refractivity contribution in [2.75, 3.05) is 13.1 Å². The van der Waals surface area contributed by atoms with Gasteiger partial charge in [0.05, 0.1) is 35.0 Å². The van der Waals surface area contributed by atoms with Crippen molar-refractivity contribution in [2.24, 2.45) is 0 Å². The zero-order valence-corrected chi connectivity index (χ0v) is 20.9. The maximum atomic E-state index is 13.3. The van der Waals surface area contributed by atoms with Crippen molar-refractivity contribution < 1.29 is 23.1 Å². The molecular formula is C26H31N3O5S. The zero-order chi connectivity index (χ0) is 25.6. The van der Waals surface area contributed by atoms with Crippen LogP contribution in [0.3, 0.4) is 0 Å². The highest BCUT2D eigenvalue weighted by Gasteiger charge is 2.32. The highest BCUT2D eigenvalue weighted by molar-refractivity contribution is 7.89. The lowest BCUT2D eigenvalue weighted by atomic mass is 10.00. The van der Waals surface area contributed by atoms with Gasteiger partial charge in [-0.1, -0.05) is 48.5 Å². The summed E-state index contributed by atoms with van der Waals surface area (Å²) in [6, 6.07) is 17.3. The van der Waals surface area contributed by atoms with Gasteiger partial charge in [0.2, 0.25) is 10.0 Å². The van der Waals surface area contributed by atoms with E-state index in [2.05, 4.69) is 10.3 Å². The van der Waals surface area contributed by atoms with Gasteiger partial charge in [-0.05, 0) is 44.9 Å². The SMILES string of the molecule is CC(=O)CN(CC(O)C(Cc1ccccc1)NC(=O)c1ccnc2ccccc12)S(=O)(=O)C(C)C. The van der Waals surface area contributed by atoms with Crippen LogP contribution in [-0.4, -0.2) is 65.0 Å². The van der Waals surface area contributed by atoms with E-state index in [-0.39, 0.29) is 25.3 Å². The standard InChI is InChI=1S/C26H31N3O5S/c1-18(2)35(33,34)29(16-19(3)30)17-25(31)24(15-20-9-5-4-6-10-20)28-26(32)22-13-14-27-23-12-8-7-11-21(22)23/h4-14,18,24-25,31H,15-17H2,1-3H3,(H,28,32). The summed E-state index contributed by atoms with van der Waals surface area (Å²) in [4.78, 5) is 29.4. The lowest BCUT2D eigenvalue weighted by molar-refractivity contribution is -0.117. The molecular weight excluding hydrogens is 466 g/mol. The Morgan fingerprint density at radius 2 is 1.69 bits per heavy atom. The van der Waals surface area contributed by atoms with E-state index in [9.17, 15) is 23.1 Å². The molecule has 8 nitrogen and oxygen atoms in total. The first-order valence-corrected chi connectivity index (χ1v) is 12.9. The number of amides is 1. The highest BCUT2D eigenvalue weighted by atomic mass is 32.2. The van der Waals surface area contributed by atoms with Gasteiger partial charge in [0.15, 0.2) is 0 Å². The lowest BCUT2D eigenvalue weighted by Crippen LogP contribution is -2.52. The Morgan fingerprint density at radius 1 is 1.03 bits per heavy atom. The number of hydrogen-bond acceptors (Lipinski definition) is 6. The molecule has 9 heteroatoms. The van der Waals surface area contributed by atoms with E-state index in [1.54, 1.807) is 24.4 Å².